The van der Waals surface area contributed by atoms with Crippen LogP contribution in [0.25, 0.3) is 0 Å². The minimum Gasteiger partial charge on any atom is -0.759 e. The van der Waals surface area contributed by atoms with Crippen LogP contribution in [0.2, 0.25) is 0 Å². The van der Waals surface area contributed by atoms with Crippen LogP contribution in [0.5, 0.6) is 0 Å². The first kappa shape index (κ1) is 15.7. The fraction of sp³-hybridized carbons (Fsp3) is 0. The number of hydrogen-bond acceptors (Lipinski definition) is 4. The average molecular weight is 165 g/mol. The van der Waals surface area contributed by atoms with Gasteiger partial charge in [-0.3, -0.25) is 8.42 Å². The van der Waals surface area contributed by atoms with Gasteiger partial charge in [0, 0.05) is 29.0 Å². The van der Waals surface area contributed by atoms with Crippen molar-refractivity contribution in [2.24, 2.45) is 0 Å². The molecule has 0 saturated carbocycles. The normalized spacial score (nSPS) is 8.29. The third-order valence-electron chi connectivity index (χ3n) is 0. The largest absolute Gasteiger partial charge is 0.759 e. The summed E-state index contributed by atoms with van der Waals surface area (Å²) in [7, 11) is -5.17. The second-order valence-electron chi connectivity index (χ2n) is 0.408. The van der Waals surface area contributed by atoms with E-state index in [1.165, 1.54) is 0 Å². The molecule has 0 aromatic rings. The van der Waals surface area contributed by atoms with Crippen LogP contribution in [0.15, 0.2) is 0 Å². The second-order valence-corrected chi connectivity index (χ2v) is 1.22. The van der Waals surface area contributed by atoms with Crippen molar-refractivity contribution in [3.8, 4) is 0 Å². The van der Waals surface area contributed by atoms with Crippen LogP contribution in [0.4, 0.5) is 0 Å². The van der Waals surface area contributed by atoms with Crippen molar-refractivity contribution >= 4 is 10.4 Å². The van der Waals surface area contributed by atoms with E-state index >= 15 is 0 Å². The molecule has 0 amide bonds. The molecule has 0 aliphatic rings. The Morgan fingerprint density at radius 3 is 1.14 bits per heavy atom. The standard InChI is InChI=1S/H2O4S.H2O.V/c1-5(2,3)4;;/h(H2,1,2,3,4);1H2;/p-2. The van der Waals surface area contributed by atoms with Gasteiger partial charge in [-0.05, 0) is 0 Å². The fourth-order valence-corrected chi connectivity index (χ4v) is 0. The van der Waals surface area contributed by atoms with E-state index in [9.17, 15) is 0 Å². The first-order chi connectivity index (χ1) is 2.00. The van der Waals surface area contributed by atoms with Crippen molar-refractivity contribution in [1.29, 1.82) is 0 Å². The molecule has 7 heavy (non-hydrogen) atoms. The smallest absolute Gasteiger partial charge is 0.0311 e. The molecule has 0 heterocycles. The van der Waals surface area contributed by atoms with E-state index in [1.807, 2.05) is 0 Å². The SMILES string of the molecule is O.O=S(=O)([O-])[O-].[V]. The third-order valence-corrected chi connectivity index (χ3v) is 0. The zero-order valence-electron chi connectivity index (χ0n) is 2.99. The van der Waals surface area contributed by atoms with Gasteiger partial charge in [-0.15, -0.1) is 0 Å². The summed E-state index contributed by atoms with van der Waals surface area (Å²) in [5.74, 6) is 0. The van der Waals surface area contributed by atoms with Gasteiger partial charge in [0.15, 0.2) is 0 Å². The van der Waals surface area contributed by atoms with Gasteiger partial charge in [0.1, 0.15) is 0 Å². The van der Waals surface area contributed by atoms with E-state index in [2.05, 4.69) is 0 Å². The zero-order chi connectivity index (χ0) is 4.50. The van der Waals surface area contributed by atoms with Crippen molar-refractivity contribution in [2.45, 2.75) is 0 Å². The van der Waals surface area contributed by atoms with Crippen LogP contribution in [-0.4, -0.2) is 23.0 Å². The summed E-state index contributed by atoms with van der Waals surface area (Å²) in [6, 6.07) is 0. The molecule has 0 aromatic heterocycles. The molecule has 0 atom stereocenters. The van der Waals surface area contributed by atoms with Gasteiger partial charge in [0.2, 0.25) is 0 Å². The Morgan fingerprint density at radius 1 is 1.14 bits per heavy atom. The Kier molecular flexibility index (Phi) is 10.2. The monoisotopic (exact) mass is 165 g/mol. The van der Waals surface area contributed by atoms with Crippen LogP contribution in [0.3, 0.4) is 0 Å². The van der Waals surface area contributed by atoms with Crippen LogP contribution in [0.1, 0.15) is 0 Å². The van der Waals surface area contributed by atoms with Gasteiger partial charge in [-0.25, -0.2) is 0 Å². The molecule has 45 valence electrons. The summed E-state index contributed by atoms with van der Waals surface area (Å²) in [4.78, 5) is 0. The molecule has 2 N–H and O–H groups in total. The molecule has 0 rings (SSSR count). The maximum atomic E-state index is 8.52. The molecule has 0 fully saturated rings. The molecule has 5 nitrogen and oxygen atoms in total. The van der Waals surface area contributed by atoms with E-state index in [1.54, 1.807) is 0 Å². The molecule has 0 saturated heterocycles. The quantitative estimate of drug-likeness (QED) is 0.300. The fourth-order valence-electron chi connectivity index (χ4n) is 0. The molecule has 0 spiro atoms. The first-order valence-electron chi connectivity index (χ1n) is 0.667. The number of hydrogen-bond donors (Lipinski definition) is 0. The summed E-state index contributed by atoms with van der Waals surface area (Å²) in [5, 5.41) is 0. The van der Waals surface area contributed by atoms with Gasteiger partial charge in [0.05, 0.1) is 0 Å². The van der Waals surface area contributed by atoms with Crippen molar-refractivity contribution in [2.75, 3.05) is 0 Å². The molecule has 0 bridgehead atoms. The first-order valence-corrected chi connectivity index (χ1v) is 2.00. The number of rotatable bonds is 0. The van der Waals surface area contributed by atoms with E-state index in [-0.39, 0.29) is 24.0 Å². The molecule has 0 unspecified atom stereocenters. The summed E-state index contributed by atoms with van der Waals surface area (Å²) < 4.78 is 34.1. The Balaban J connectivity index is -0.0000000800. The van der Waals surface area contributed by atoms with Crippen LogP contribution in [-0.2, 0) is 29.0 Å². The van der Waals surface area contributed by atoms with E-state index in [0.29, 0.717) is 0 Å². The molecular weight excluding hydrogens is 163 g/mol. The Bertz CT molecular complexity index is 91.2. The molecule has 0 aliphatic carbocycles. The molecule has 7 heteroatoms. The molecule has 0 aliphatic heterocycles. The van der Waals surface area contributed by atoms with Crippen molar-refractivity contribution in [1.82, 2.24) is 0 Å². The van der Waals surface area contributed by atoms with Crippen molar-refractivity contribution < 1.29 is 41.6 Å². The molecule has 0 aromatic carbocycles. The van der Waals surface area contributed by atoms with Gasteiger partial charge in [-0.2, -0.15) is 0 Å². The van der Waals surface area contributed by atoms with Crippen LogP contribution < -0.4 is 0 Å². The van der Waals surface area contributed by atoms with E-state index in [4.69, 9.17) is 17.5 Å². The average Bonchev–Trinajstić information content (AvgIpc) is 0.722. The van der Waals surface area contributed by atoms with Gasteiger partial charge in [-0.1, -0.05) is 0 Å². The predicted octanol–water partition coefficient (Wildman–Crippen LogP) is -2.17. The summed E-state index contributed by atoms with van der Waals surface area (Å²) in [5.41, 5.74) is 0. The zero-order valence-corrected chi connectivity index (χ0v) is 5.20. The Labute approximate surface area is 52.5 Å². The Morgan fingerprint density at radius 2 is 1.14 bits per heavy atom. The summed E-state index contributed by atoms with van der Waals surface area (Å²) in [6.45, 7) is 0. The predicted molar refractivity (Wildman–Crippen MR) is 14.1 cm³/mol. The van der Waals surface area contributed by atoms with Gasteiger partial charge >= 0.3 is 0 Å². The third kappa shape index (κ3) is 728. The van der Waals surface area contributed by atoms with Gasteiger partial charge < -0.3 is 14.6 Å². The maximum Gasteiger partial charge on any atom is 0.0311 e. The molecular formula is H2O5SV-2. The van der Waals surface area contributed by atoms with Gasteiger partial charge in [0.25, 0.3) is 0 Å². The Hall–Kier alpha value is 0.414. The van der Waals surface area contributed by atoms with E-state index < -0.39 is 10.4 Å². The van der Waals surface area contributed by atoms with E-state index in [0.717, 1.165) is 0 Å². The minimum atomic E-state index is -5.17. The molecule has 1 radical (unpaired) electrons. The van der Waals surface area contributed by atoms with Crippen molar-refractivity contribution in [3.05, 3.63) is 0 Å². The van der Waals surface area contributed by atoms with Crippen molar-refractivity contribution in [3.63, 3.8) is 0 Å². The van der Waals surface area contributed by atoms with Crippen LogP contribution in [0, 0.1) is 0 Å². The van der Waals surface area contributed by atoms with Crippen LogP contribution >= 0.6 is 0 Å². The summed E-state index contributed by atoms with van der Waals surface area (Å²) in [6.07, 6.45) is 0. The maximum absolute atomic E-state index is 8.52. The second kappa shape index (κ2) is 4.57. The minimum absolute atomic E-state index is 0. The topological polar surface area (TPSA) is 112 Å². The summed E-state index contributed by atoms with van der Waals surface area (Å²) >= 11 is 0.